The minimum atomic E-state index is -0.368. The molecule has 4 N–H and O–H groups in total. The molecule has 0 fully saturated rings. The molecule has 3 aromatic rings. The largest absolute Gasteiger partial charge is 0.390 e. The van der Waals surface area contributed by atoms with E-state index >= 15 is 0 Å². The van der Waals surface area contributed by atoms with E-state index in [4.69, 9.17) is 0 Å². The maximum absolute atomic E-state index is 10.2. The molecule has 0 saturated carbocycles. The molecular formula is C23H31N3O. The van der Waals surface area contributed by atoms with E-state index in [1.165, 1.54) is 22.0 Å². The Labute approximate surface area is 162 Å². The van der Waals surface area contributed by atoms with E-state index < -0.39 is 0 Å². The second-order valence-electron chi connectivity index (χ2n) is 7.30. The van der Waals surface area contributed by atoms with Crippen LogP contribution in [-0.4, -0.2) is 41.9 Å². The van der Waals surface area contributed by atoms with Crippen LogP contribution in [0.5, 0.6) is 0 Å². The van der Waals surface area contributed by atoms with Crippen LogP contribution < -0.4 is 10.6 Å². The van der Waals surface area contributed by atoms with Crippen molar-refractivity contribution < 1.29 is 5.11 Å². The Morgan fingerprint density at radius 3 is 2.59 bits per heavy atom. The smallest absolute Gasteiger partial charge is 0.0788 e. The van der Waals surface area contributed by atoms with Crippen molar-refractivity contribution in [3.05, 3.63) is 71.9 Å². The number of hydrogen-bond donors (Lipinski definition) is 4. The maximum atomic E-state index is 10.2. The summed E-state index contributed by atoms with van der Waals surface area (Å²) in [6.07, 6.45) is 4.81. The summed E-state index contributed by atoms with van der Waals surface area (Å²) in [5.74, 6) is 0. The zero-order valence-corrected chi connectivity index (χ0v) is 16.1. The molecule has 0 amide bonds. The van der Waals surface area contributed by atoms with Gasteiger partial charge in [-0.15, -0.1) is 0 Å². The number of fused-ring (bicyclic) bond motifs is 1. The number of para-hydroxylation sites is 1. The zero-order valence-electron chi connectivity index (χ0n) is 16.1. The normalized spacial score (nSPS) is 13.7. The Bertz CT molecular complexity index is 800. The predicted octanol–water partition coefficient (Wildman–Crippen LogP) is 3.27. The van der Waals surface area contributed by atoms with Gasteiger partial charge in [-0.3, -0.25) is 0 Å². The van der Waals surface area contributed by atoms with Gasteiger partial charge in [-0.2, -0.15) is 0 Å². The molecule has 3 rings (SSSR count). The minimum absolute atomic E-state index is 0.368. The first-order chi connectivity index (χ1) is 13.2. The summed E-state index contributed by atoms with van der Waals surface area (Å²) in [6, 6.07) is 19.3. The second-order valence-corrected chi connectivity index (χ2v) is 7.30. The summed E-state index contributed by atoms with van der Waals surface area (Å²) < 4.78 is 0. The number of rotatable bonds is 11. The van der Waals surface area contributed by atoms with Crippen LogP contribution in [0.4, 0.5) is 0 Å². The molecule has 2 unspecified atom stereocenters. The van der Waals surface area contributed by atoms with Crippen molar-refractivity contribution in [2.45, 2.75) is 38.3 Å². The van der Waals surface area contributed by atoms with E-state index in [9.17, 15) is 5.11 Å². The van der Waals surface area contributed by atoms with Crippen LogP contribution in [0.3, 0.4) is 0 Å². The van der Waals surface area contributed by atoms with E-state index in [1.807, 2.05) is 12.1 Å². The topological polar surface area (TPSA) is 60.1 Å². The van der Waals surface area contributed by atoms with Crippen LogP contribution in [0.15, 0.2) is 60.8 Å². The average Bonchev–Trinajstić information content (AvgIpc) is 3.12. The second kappa shape index (κ2) is 10.3. The number of hydrogen-bond acceptors (Lipinski definition) is 3. The summed E-state index contributed by atoms with van der Waals surface area (Å²) in [6.45, 7) is 4.28. The van der Waals surface area contributed by atoms with Crippen molar-refractivity contribution in [2.75, 3.05) is 19.6 Å². The van der Waals surface area contributed by atoms with E-state index in [0.29, 0.717) is 19.1 Å². The van der Waals surface area contributed by atoms with Gasteiger partial charge in [-0.1, -0.05) is 48.5 Å². The highest BCUT2D eigenvalue weighted by Crippen LogP contribution is 2.17. The summed E-state index contributed by atoms with van der Waals surface area (Å²) in [5, 5.41) is 18.3. The number of aromatic amines is 1. The molecule has 0 aliphatic carbocycles. The van der Waals surface area contributed by atoms with Gasteiger partial charge in [0, 0.05) is 36.2 Å². The predicted molar refractivity (Wildman–Crippen MR) is 113 cm³/mol. The van der Waals surface area contributed by atoms with Crippen molar-refractivity contribution in [3.8, 4) is 0 Å². The summed E-state index contributed by atoms with van der Waals surface area (Å²) in [5.41, 5.74) is 3.87. The standard InChI is InChI=1S/C23H31N3O/c1-18(11-12-19-7-3-2-4-8-19)25-17-21(27)16-24-14-13-20-15-26-23-10-6-5-9-22(20)23/h2-10,15,18,21,24-27H,11-14,16-17H2,1H3. The number of aliphatic hydroxyl groups is 1. The lowest BCUT2D eigenvalue weighted by Crippen LogP contribution is -2.39. The molecule has 0 radical (unpaired) electrons. The van der Waals surface area contributed by atoms with Crippen molar-refractivity contribution in [1.82, 2.24) is 15.6 Å². The lowest BCUT2D eigenvalue weighted by Gasteiger charge is -2.17. The lowest BCUT2D eigenvalue weighted by molar-refractivity contribution is 0.164. The molecule has 144 valence electrons. The van der Waals surface area contributed by atoms with Gasteiger partial charge >= 0.3 is 0 Å². The third kappa shape index (κ3) is 6.21. The highest BCUT2D eigenvalue weighted by Gasteiger charge is 2.08. The zero-order chi connectivity index (χ0) is 18.9. The van der Waals surface area contributed by atoms with Crippen LogP contribution in [0.25, 0.3) is 10.9 Å². The highest BCUT2D eigenvalue weighted by molar-refractivity contribution is 5.83. The Morgan fingerprint density at radius 1 is 0.963 bits per heavy atom. The Morgan fingerprint density at radius 2 is 1.74 bits per heavy atom. The number of aliphatic hydroxyl groups excluding tert-OH is 1. The molecule has 2 atom stereocenters. The molecule has 0 aliphatic rings. The van der Waals surface area contributed by atoms with Crippen LogP contribution >= 0.6 is 0 Å². The molecule has 4 heteroatoms. The fourth-order valence-corrected chi connectivity index (χ4v) is 3.37. The molecule has 1 heterocycles. The summed E-state index contributed by atoms with van der Waals surface area (Å²) in [4.78, 5) is 3.31. The monoisotopic (exact) mass is 365 g/mol. The molecule has 0 bridgehead atoms. The van der Waals surface area contributed by atoms with Gasteiger partial charge in [0.25, 0.3) is 0 Å². The van der Waals surface area contributed by atoms with Crippen molar-refractivity contribution >= 4 is 10.9 Å². The first-order valence-corrected chi connectivity index (χ1v) is 9.93. The van der Waals surface area contributed by atoms with Crippen LogP contribution in [0.1, 0.15) is 24.5 Å². The molecular weight excluding hydrogens is 334 g/mol. The molecule has 4 nitrogen and oxygen atoms in total. The van der Waals surface area contributed by atoms with E-state index in [-0.39, 0.29) is 6.10 Å². The Balaban J connectivity index is 1.28. The van der Waals surface area contributed by atoms with Crippen molar-refractivity contribution in [1.29, 1.82) is 0 Å². The fourth-order valence-electron chi connectivity index (χ4n) is 3.37. The van der Waals surface area contributed by atoms with E-state index in [1.54, 1.807) is 0 Å². The van der Waals surface area contributed by atoms with Gasteiger partial charge in [0.1, 0.15) is 0 Å². The number of aromatic nitrogens is 1. The molecule has 0 saturated heterocycles. The summed E-state index contributed by atoms with van der Waals surface area (Å²) >= 11 is 0. The first-order valence-electron chi connectivity index (χ1n) is 9.93. The molecule has 2 aromatic carbocycles. The number of H-pyrrole nitrogens is 1. The van der Waals surface area contributed by atoms with Gasteiger partial charge in [-0.05, 0) is 49.9 Å². The van der Waals surface area contributed by atoms with Crippen molar-refractivity contribution in [2.24, 2.45) is 0 Å². The van der Waals surface area contributed by atoms with Gasteiger partial charge in [0.15, 0.2) is 0 Å². The quantitative estimate of drug-likeness (QED) is 0.395. The average molecular weight is 366 g/mol. The maximum Gasteiger partial charge on any atom is 0.0788 e. The lowest BCUT2D eigenvalue weighted by atomic mass is 10.1. The first kappa shape index (κ1) is 19.6. The summed E-state index contributed by atoms with van der Waals surface area (Å²) in [7, 11) is 0. The molecule has 27 heavy (non-hydrogen) atoms. The fraction of sp³-hybridized carbons (Fsp3) is 0.391. The Kier molecular flexibility index (Phi) is 7.45. The van der Waals surface area contributed by atoms with Crippen LogP contribution in [0.2, 0.25) is 0 Å². The molecule has 0 aliphatic heterocycles. The van der Waals surface area contributed by atoms with Crippen molar-refractivity contribution in [3.63, 3.8) is 0 Å². The third-order valence-electron chi connectivity index (χ3n) is 5.04. The molecule has 0 spiro atoms. The Hall–Kier alpha value is -2.14. The van der Waals surface area contributed by atoms with Gasteiger partial charge < -0.3 is 20.7 Å². The number of nitrogens with one attached hydrogen (secondary N) is 3. The highest BCUT2D eigenvalue weighted by atomic mass is 16.3. The molecule has 1 aromatic heterocycles. The SMILES string of the molecule is CC(CCc1ccccc1)NCC(O)CNCCc1c[nH]c2ccccc12. The minimum Gasteiger partial charge on any atom is -0.390 e. The number of benzene rings is 2. The van der Waals surface area contributed by atoms with Crippen LogP contribution in [-0.2, 0) is 12.8 Å². The van der Waals surface area contributed by atoms with Crippen LogP contribution in [0, 0.1) is 0 Å². The van der Waals surface area contributed by atoms with Gasteiger partial charge in [-0.25, -0.2) is 0 Å². The third-order valence-corrected chi connectivity index (χ3v) is 5.04. The van der Waals surface area contributed by atoms with Gasteiger partial charge in [0.2, 0.25) is 0 Å². The van der Waals surface area contributed by atoms with E-state index in [2.05, 4.69) is 71.2 Å². The number of aryl methyl sites for hydroxylation is 1. The van der Waals surface area contributed by atoms with E-state index in [0.717, 1.165) is 25.8 Å². The van der Waals surface area contributed by atoms with Gasteiger partial charge in [0.05, 0.1) is 6.10 Å².